The lowest BCUT2D eigenvalue weighted by Gasteiger charge is -2.56. The number of rotatable bonds is 7. The number of ether oxygens (including phenoxy) is 1. The van der Waals surface area contributed by atoms with Crippen molar-refractivity contribution in [2.75, 3.05) is 6.61 Å². The Morgan fingerprint density at radius 1 is 1.24 bits per heavy atom. The molecule has 5 aliphatic rings. The highest BCUT2D eigenvalue weighted by atomic mass is 35.5. The van der Waals surface area contributed by atoms with Crippen molar-refractivity contribution in [3.8, 4) is 5.75 Å². The molecule has 4 saturated carbocycles. The summed E-state index contributed by atoms with van der Waals surface area (Å²) in [5.41, 5.74) is 1.76. The third-order valence-corrected chi connectivity index (χ3v) is 7.98. The topological polar surface area (TPSA) is 109 Å². The number of benzene rings is 1. The van der Waals surface area contributed by atoms with Crippen molar-refractivity contribution in [2.45, 2.75) is 80.7 Å². The molecule has 1 saturated heterocycles. The van der Waals surface area contributed by atoms with Crippen molar-refractivity contribution in [1.82, 2.24) is 16.1 Å². The van der Waals surface area contributed by atoms with Gasteiger partial charge in [-0.25, -0.2) is 4.39 Å². The van der Waals surface area contributed by atoms with E-state index in [1.54, 1.807) is 0 Å². The molecular formula is C23H29ClFN3O5. The number of fused-ring (bicyclic) bond motifs is 3. The zero-order chi connectivity index (χ0) is 23.2. The normalized spacial score (nSPS) is 35.3. The highest BCUT2D eigenvalue weighted by Gasteiger charge is 2.56. The lowest BCUT2D eigenvalue weighted by molar-refractivity contribution is -0.142. The Morgan fingerprint density at radius 3 is 2.67 bits per heavy atom. The van der Waals surface area contributed by atoms with Crippen molar-refractivity contribution in [3.63, 3.8) is 0 Å². The summed E-state index contributed by atoms with van der Waals surface area (Å²) >= 11 is 5.66. The number of aliphatic hydroxyl groups is 1. The summed E-state index contributed by atoms with van der Waals surface area (Å²) in [5, 5.41) is 17.0. The van der Waals surface area contributed by atoms with E-state index in [0.717, 1.165) is 6.07 Å². The SMILES string of the molecule is O=C(COc1ccc(Cl)c(F)c1)NC12CCC(NC(=O)C3CC(C4CC4)NO3)(CC1)CC2O. The maximum absolute atomic E-state index is 13.5. The molecule has 2 bridgehead atoms. The average molecular weight is 482 g/mol. The molecule has 180 valence electrons. The molecule has 0 spiro atoms. The molecule has 4 N–H and O–H groups in total. The van der Waals surface area contributed by atoms with Gasteiger partial charge >= 0.3 is 0 Å². The van der Waals surface area contributed by atoms with Crippen molar-refractivity contribution in [1.29, 1.82) is 0 Å². The molecule has 1 aromatic rings. The number of hydroxylamine groups is 1. The molecule has 10 heteroatoms. The molecule has 33 heavy (non-hydrogen) atoms. The van der Waals surface area contributed by atoms with Crippen molar-refractivity contribution in [2.24, 2.45) is 5.92 Å². The smallest absolute Gasteiger partial charge is 0.258 e. The van der Waals surface area contributed by atoms with Gasteiger partial charge in [-0.1, -0.05) is 11.6 Å². The molecule has 2 amide bonds. The summed E-state index contributed by atoms with van der Waals surface area (Å²) in [5.74, 6) is -0.339. The van der Waals surface area contributed by atoms with Gasteiger partial charge in [0, 0.05) is 24.1 Å². The lowest BCUT2D eigenvalue weighted by atomic mass is 9.60. The quantitative estimate of drug-likeness (QED) is 0.474. The van der Waals surface area contributed by atoms with Gasteiger partial charge in [-0.2, -0.15) is 5.48 Å². The summed E-state index contributed by atoms with van der Waals surface area (Å²) in [4.78, 5) is 30.9. The van der Waals surface area contributed by atoms with Crippen LogP contribution in [0, 0.1) is 11.7 Å². The third-order valence-electron chi connectivity index (χ3n) is 7.67. The highest BCUT2D eigenvalue weighted by molar-refractivity contribution is 6.30. The zero-order valence-corrected chi connectivity index (χ0v) is 19.0. The summed E-state index contributed by atoms with van der Waals surface area (Å²) in [6.07, 6.45) is 4.51. The Hall–Kier alpha value is -1.94. The molecule has 1 aliphatic heterocycles. The first-order valence-electron chi connectivity index (χ1n) is 11.6. The van der Waals surface area contributed by atoms with Gasteiger partial charge in [0.05, 0.1) is 16.7 Å². The largest absolute Gasteiger partial charge is 0.484 e. The maximum atomic E-state index is 13.5. The standard InChI is InChI=1S/C23H29ClFN3O5/c24-15-4-3-14(9-16(15)25)32-12-20(30)26-23-7-5-22(6-8-23,11-19(23)29)27-21(31)18-10-17(28-33-18)13-1-2-13/h3-4,9,13,17-19,28-29H,1-2,5-8,10-12H2,(H,26,30)(H,27,31). The van der Waals surface area contributed by atoms with E-state index >= 15 is 0 Å². The van der Waals surface area contributed by atoms with Crippen LogP contribution in [0.5, 0.6) is 5.75 Å². The molecule has 8 nitrogen and oxygen atoms in total. The van der Waals surface area contributed by atoms with E-state index in [1.165, 1.54) is 25.0 Å². The molecule has 5 fully saturated rings. The van der Waals surface area contributed by atoms with Crippen LogP contribution < -0.4 is 20.9 Å². The van der Waals surface area contributed by atoms with Gasteiger partial charge in [-0.3, -0.25) is 14.4 Å². The second-order valence-corrected chi connectivity index (χ2v) is 10.4. The fourth-order valence-corrected chi connectivity index (χ4v) is 5.59. The summed E-state index contributed by atoms with van der Waals surface area (Å²) in [7, 11) is 0. The predicted octanol–water partition coefficient (Wildman–Crippen LogP) is 1.98. The average Bonchev–Trinajstić information content (AvgIpc) is 3.52. The Kier molecular flexibility index (Phi) is 6.01. The second kappa shape index (κ2) is 8.69. The number of hydrogen-bond donors (Lipinski definition) is 4. The molecule has 3 unspecified atom stereocenters. The minimum atomic E-state index is -0.793. The number of hydrogen-bond acceptors (Lipinski definition) is 6. The van der Waals surface area contributed by atoms with Crippen LogP contribution in [-0.2, 0) is 14.4 Å². The fraction of sp³-hybridized carbons (Fsp3) is 0.652. The molecule has 3 atom stereocenters. The Morgan fingerprint density at radius 2 is 2.00 bits per heavy atom. The molecule has 4 aliphatic carbocycles. The molecule has 1 aromatic carbocycles. The van der Waals surface area contributed by atoms with Gasteiger partial charge in [-0.15, -0.1) is 0 Å². The van der Waals surface area contributed by atoms with Crippen molar-refractivity contribution >= 4 is 23.4 Å². The Bertz CT molecular complexity index is 935. The number of carbonyl (C=O) groups excluding carboxylic acids is 2. The van der Waals surface area contributed by atoms with Crippen molar-refractivity contribution < 1.29 is 28.7 Å². The van der Waals surface area contributed by atoms with Gasteiger partial charge < -0.3 is 20.5 Å². The van der Waals surface area contributed by atoms with E-state index in [-0.39, 0.29) is 35.2 Å². The van der Waals surface area contributed by atoms with Crippen LogP contribution in [0.2, 0.25) is 5.02 Å². The summed E-state index contributed by atoms with van der Waals surface area (Å²) < 4.78 is 18.9. The number of nitrogens with one attached hydrogen (secondary N) is 3. The van der Waals surface area contributed by atoms with Gasteiger partial charge in [0.15, 0.2) is 12.7 Å². The second-order valence-electron chi connectivity index (χ2n) is 9.96. The van der Waals surface area contributed by atoms with E-state index in [1.807, 2.05) is 0 Å². The predicted molar refractivity (Wildman–Crippen MR) is 117 cm³/mol. The monoisotopic (exact) mass is 481 g/mol. The zero-order valence-electron chi connectivity index (χ0n) is 18.2. The Labute approximate surface area is 196 Å². The minimum absolute atomic E-state index is 0.0210. The van der Waals surface area contributed by atoms with Crippen LogP contribution >= 0.6 is 11.6 Å². The molecule has 0 radical (unpaired) electrons. The lowest BCUT2D eigenvalue weighted by Crippen LogP contribution is -2.70. The fourth-order valence-electron chi connectivity index (χ4n) is 5.48. The van der Waals surface area contributed by atoms with Gasteiger partial charge in [0.25, 0.3) is 11.8 Å². The molecule has 1 heterocycles. The highest BCUT2D eigenvalue weighted by Crippen LogP contribution is 2.47. The number of halogens is 2. The summed E-state index contributed by atoms with van der Waals surface area (Å²) in [6.45, 7) is -0.300. The van der Waals surface area contributed by atoms with E-state index in [9.17, 15) is 19.1 Å². The van der Waals surface area contributed by atoms with Gasteiger partial charge in [-0.05, 0) is 63.0 Å². The third kappa shape index (κ3) is 4.69. The van der Waals surface area contributed by atoms with Crippen LogP contribution in [0.4, 0.5) is 4.39 Å². The van der Waals surface area contributed by atoms with Crippen LogP contribution in [0.25, 0.3) is 0 Å². The van der Waals surface area contributed by atoms with E-state index < -0.39 is 29.1 Å². The Balaban J connectivity index is 1.13. The number of amides is 2. The van der Waals surface area contributed by atoms with Crippen LogP contribution in [0.1, 0.15) is 51.4 Å². The number of aliphatic hydroxyl groups excluding tert-OH is 1. The first kappa shape index (κ1) is 22.8. The van der Waals surface area contributed by atoms with E-state index in [0.29, 0.717) is 44.4 Å². The maximum Gasteiger partial charge on any atom is 0.258 e. The van der Waals surface area contributed by atoms with Gasteiger partial charge in [0.1, 0.15) is 11.6 Å². The van der Waals surface area contributed by atoms with E-state index in [2.05, 4.69) is 16.1 Å². The van der Waals surface area contributed by atoms with Crippen LogP contribution in [0.3, 0.4) is 0 Å². The first-order valence-corrected chi connectivity index (χ1v) is 12.0. The van der Waals surface area contributed by atoms with Gasteiger partial charge in [0.2, 0.25) is 0 Å². The van der Waals surface area contributed by atoms with Crippen LogP contribution in [0.15, 0.2) is 18.2 Å². The van der Waals surface area contributed by atoms with E-state index in [4.69, 9.17) is 21.2 Å². The molecule has 6 rings (SSSR count). The minimum Gasteiger partial charge on any atom is -0.484 e. The summed E-state index contributed by atoms with van der Waals surface area (Å²) in [6, 6.07) is 4.22. The molecular weight excluding hydrogens is 453 g/mol. The first-order chi connectivity index (χ1) is 15.8. The number of carbonyl (C=O) groups is 2. The molecule has 0 aromatic heterocycles. The van der Waals surface area contributed by atoms with Crippen LogP contribution in [-0.4, -0.2) is 52.9 Å². The van der Waals surface area contributed by atoms with Crippen molar-refractivity contribution in [3.05, 3.63) is 29.0 Å².